The molecule has 3 aromatic rings. The lowest BCUT2D eigenvalue weighted by atomic mass is 10.1. The van der Waals surface area contributed by atoms with Crippen molar-refractivity contribution in [2.45, 2.75) is 12.4 Å². The molecule has 4 nitrogen and oxygen atoms in total. The largest absolute Gasteiger partial charge is 0.438 e. The highest BCUT2D eigenvalue weighted by atomic mass is 19.4. The van der Waals surface area contributed by atoms with Gasteiger partial charge in [0, 0.05) is 35.8 Å². The average Bonchev–Trinajstić information content (AvgIpc) is 2.66. The SMILES string of the molecule is FC(F)(F)/C=C/c1ncc(-c2cccnc2Oc2ccc(C(F)(F)F)cc2)cn1. The number of halogens is 6. The molecule has 0 aliphatic rings. The van der Waals surface area contributed by atoms with Crippen LogP contribution in [-0.2, 0) is 6.18 Å². The first-order valence-corrected chi connectivity index (χ1v) is 8.00. The topological polar surface area (TPSA) is 47.9 Å². The summed E-state index contributed by atoms with van der Waals surface area (Å²) in [7, 11) is 0. The number of pyridine rings is 1. The smallest absolute Gasteiger partial charge is 0.416 e. The maximum absolute atomic E-state index is 12.7. The maximum atomic E-state index is 12.7. The molecule has 1 aromatic carbocycles. The van der Waals surface area contributed by atoms with Crippen LogP contribution < -0.4 is 4.74 Å². The molecule has 150 valence electrons. The predicted octanol–water partition coefficient (Wildman–Crippen LogP) is 5.93. The molecular formula is C19H11F6N3O. The van der Waals surface area contributed by atoms with Crippen molar-refractivity contribution in [3.05, 3.63) is 72.5 Å². The highest BCUT2D eigenvalue weighted by Crippen LogP contribution is 2.33. The summed E-state index contributed by atoms with van der Waals surface area (Å²) in [5, 5.41) is 0. The van der Waals surface area contributed by atoms with Crippen LogP contribution in [0.15, 0.2) is 61.1 Å². The Balaban J connectivity index is 1.83. The molecule has 0 saturated heterocycles. The van der Waals surface area contributed by atoms with Gasteiger partial charge in [-0.25, -0.2) is 15.0 Å². The number of rotatable bonds is 4. The van der Waals surface area contributed by atoms with E-state index in [0.29, 0.717) is 11.1 Å². The molecule has 0 saturated carbocycles. The summed E-state index contributed by atoms with van der Waals surface area (Å²) in [5.74, 6) is 0.0678. The minimum absolute atomic E-state index is 0.0191. The van der Waals surface area contributed by atoms with Gasteiger partial charge in [-0.05, 0) is 42.5 Å². The molecule has 2 aromatic heterocycles. The molecule has 0 atom stereocenters. The summed E-state index contributed by atoms with van der Waals surface area (Å²) in [6, 6.07) is 7.26. The van der Waals surface area contributed by atoms with Crippen LogP contribution in [0.25, 0.3) is 17.2 Å². The monoisotopic (exact) mass is 411 g/mol. The fraction of sp³-hybridized carbons (Fsp3) is 0.105. The first-order chi connectivity index (χ1) is 13.6. The summed E-state index contributed by atoms with van der Waals surface area (Å²) in [6.07, 6.45) is -4.19. The fourth-order valence-corrected chi connectivity index (χ4v) is 2.25. The van der Waals surface area contributed by atoms with Crippen LogP contribution in [0.3, 0.4) is 0 Å². The number of hydrogen-bond donors (Lipinski definition) is 0. The first-order valence-electron chi connectivity index (χ1n) is 8.00. The van der Waals surface area contributed by atoms with Gasteiger partial charge in [-0.1, -0.05) is 0 Å². The van der Waals surface area contributed by atoms with E-state index in [1.54, 1.807) is 12.1 Å². The van der Waals surface area contributed by atoms with Gasteiger partial charge in [0.2, 0.25) is 5.88 Å². The van der Waals surface area contributed by atoms with Crippen LogP contribution in [-0.4, -0.2) is 21.1 Å². The van der Waals surface area contributed by atoms with Gasteiger partial charge in [-0.2, -0.15) is 26.3 Å². The molecule has 0 radical (unpaired) electrons. The highest BCUT2D eigenvalue weighted by Gasteiger charge is 2.30. The van der Waals surface area contributed by atoms with Crippen LogP contribution in [0.5, 0.6) is 11.6 Å². The Morgan fingerprint density at radius 2 is 1.48 bits per heavy atom. The molecule has 29 heavy (non-hydrogen) atoms. The highest BCUT2D eigenvalue weighted by molar-refractivity contribution is 5.67. The summed E-state index contributed by atoms with van der Waals surface area (Å²) in [4.78, 5) is 11.7. The third-order valence-electron chi connectivity index (χ3n) is 3.57. The lowest BCUT2D eigenvalue weighted by Crippen LogP contribution is -2.04. The summed E-state index contributed by atoms with van der Waals surface area (Å²) in [5.41, 5.74) is 0.00455. The Bertz CT molecular complexity index is 996. The summed E-state index contributed by atoms with van der Waals surface area (Å²) in [6.45, 7) is 0. The fourth-order valence-electron chi connectivity index (χ4n) is 2.25. The number of ether oxygens (including phenoxy) is 1. The van der Waals surface area contributed by atoms with Crippen LogP contribution in [0.4, 0.5) is 26.3 Å². The van der Waals surface area contributed by atoms with Gasteiger partial charge in [0.05, 0.1) is 5.56 Å². The lowest BCUT2D eigenvalue weighted by molar-refractivity contribution is -0.137. The van der Waals surface area contributed by atoms with E-state index >= 15 is 0 Å². The van der Waals surface area contributed by atoms with Gasteiger partial charge < -0.3 is 4.74 Å². The van der Waals surface area contributed by atoms with Crippen LogP contribution in [0.2, 0.25) is 0 Å². The third kappa shape index (κ3) is 5.53. The lowest BCUT2D eigenvalue weighted by Gasteiger charge is -2.11. The van der Waals surface area contributed by atoms with Crippen LogP contribution in [0.1, 0.15) is 11.4 Å². The molecule has 10 heteroatoms. The van der Waals surface area contributed by atoms with Crippen molar-refractivity contribution in [1.82, 2.24) is 15.0 Å². The minimum Gasteiger partial charge on any atom is -0.438 e. The Kier molecular flexibility index (Phi) is 5.53. The number of alkyl halides is 6. The molecule has 0 unspecified atom stereocenters. The van der Waals surface area contributed by atoms with E-state index in [4.69, 9.17) is 4.74 Å². The second-order valence-electron chi connectivity index (χ2n) is 5.69. The van der Waals surface area contributed by atoms with Crippen LogP contribution >= 0.6 is 0 Å². The van der Waals surface area contributed by atoms with Crippen molar-refractivity contribution >= 4 is 6.08 Å². The zero-order valence-corrected chi connectivity index (χ0v) is 14.4. The quantitative estimate of drug-likeness (QED) is 0.500. The van der Waals surface area contributed by atoms with Crippen LogP contribution in [0, 0.1) is 0 Å². The second kappa shape index (κ2) is 7.90. The maximum Gasteiger partial charge on any atom is 0.416 e. The molecule has 0 N–H and O–H groups in total. The first kappa shape index (κ1) is 20.3. The number of aromatic nitrogens is 3. The van der Waals surface area contributed by atoms with E-state index in [1.807, 2.05) is 0 Å². The second-order valence-corrected chi connectivity index (χ2v) is 5.69. The van der Waals surface area contributed by atoms with Crippen molar-refractivity contribution in [2.24, 2.45) is 0 Å². The Morgan fingerprint density at radius 1 is 0.828 bits per heavy atom. The number of nitrogens with zero attached hydrogens (tertiary/aromatic N) is 3. The molecular weight excluding hydrogens is 400 g/mol. The number of hydrogen-bond acceptors (Lipinski definition) is 4. The average molecular weight is 411 g/mol. The van der Waals surface area contributed by atoms with Crippen molar-refractivity contribution in [3.8, 4) is 22.8 Å². The Hall–Kier alpha value is -3.43. The molecule has 0 amide bonds. The zero-order chi connectivity index (χ0) is 21.1. The summed E-state index contributed by atoms with van der Waals surface area (Å²) < 4.78 is 80.1. The van der Waals surface area contributed by atoms with Gasteiger partial charge in [0.15, 0.2) is 5.82 Å². The van der Waals surface area contributed by atoms with Crippen molar-refractivity contribution in [3.63, 3.8) is 0 Å². The predicted molar refractivity (Wildman–Crippen MR) is 91.9 cm³/mol. The van der Waals surface area contributed by atoms with Gasteiger partial charge in [-0.3, -0.25) is 0 Å². The van der Waals surface area contributed by atoms with E-state index < -0.39 is 17.9 Å². The van der Waals surface area contributed by atoms with Crippen molar-refractivity contribution < 1.29 is 31.1 Å². The van der Waals surface area contributed by atoms with E-state index in [0.717, 1.165) is 30.3 Å². The third-order valence-corrected chi connectivity index (χ3v) is 3.57. The molecule has 0 fully saturated rings. The van der Waals surface area contributed by atoms with E-state index in [1.165, 1.54) is 18.6 Å². The van der Waals surface area contributed by atoms with Crippen molar-refractivity contribution in [1.29, 1.82) is 0 Å². The van der Waals surface area contributed by atoms with Gasteiger partial charge in [0.25, 0.3) is 0 Å². The molecule has 0 aliphatic carbocycles. The standard InChI is InChI=1S/C19H11F6N3O/c20-18(21,22)8-7-16-27-10-12(11-28-16)15-2-1-9-26-17(15)29-14-5-3-13(4-6-14)19(23,24)25/h1-11H/b8-7+. The zero-order valence-electron chi connectivity index (χ0n) is 14.4. The van der Waals surface area contributed by atoms with E-state index in [9.17, 15) is 26.3 Å². The molecule has 0 bridgehead atoms. The van der Waals surface area contributed by atoms with Gasteiger partial charge in [0.1, 0.15) is 5.75 Å². The molecule has 0 aliphatic heterocycles. The van der Waals surface area contributed by atoms with E-state index in [2.05, 4.69) is 15.0 Å². The Morgan fingerprint density at radius 3 is 2.07 bits per heavy atom. The molecule has 0 spiro atoms. The summed E-state index contributed by atoms with van der Waals surface area (Å²) >= 11 is 0. The number of benzene rings is 1. The van der Waals surface area contributed by atoms with E-state index in [-0.39, 0.29) is 23.5 Å². The van der Waals surface area contributed by atoms with Gasteiger partial charge >= 0.3 is 12.4 Å². The normalized spacial score (nSPS) is 12.3. The Labute approximate surface area is 160 Å². The number of allylic oxidation sites excluding steroid dienone is 1. The molecule has 3 rings (SSSR count). The minimum atomic E-state index is -4.48. The van der Waals surface area contributed by atoms with Crippen molar-refractivity contribution in [2.75, 3.05) is 0 Å². The molecule has 2 heterocycles. The van der Waals surface area contributed by atoms with Gasteiger partial charge in [-0.15, -0.1) is 0 Å².